The smallest absolute Gasteiger partial charge is 0.744 e. The molecule has 0 spiro atoms. The molecule has 0 fully saturated rings. The van der Waals surface area contributed by atoms with Crippen molar-refractivity contribution >= 4 is 38.2 Å². The molecule has 1 heterocycles. The molecule has 2 aromatic carbocycles. The van der Waals surface area contributed by atoms with Crippen LogP contribution in [0.3, 0.4) is 0 Å². The van der Waals surface area contributed by atoms with E-state index in [9.17, 15) is 13.0 Å². The van der Waals surface area contributed by atoms with Gasteiger partial charge in [0.25, 0.3) is 5.95 Å². The van der Waals surface area contributed by atoms with E-state index in [1.165, 1.54) is 20.3 Å². The fourth-order valence-corrected chi connectivity index (χ4v) is 3.00. The summed E-state index contributed by atoms with van der Waals surface area (Å²) in [7, 11) is -2.06. The van der Waals surface area contributed by atoms with E-state index in [-0.39, 0.29) is 64.3 Å². The van der Waals surface area contributed by atoms with Crippen LogP contribution < -0.4 is 44.8 Å². The predicted molar refractivity (Wildman–Crippen MR) is 93.4 cm³/mol. The Morgan fingerprint density at radius 1 is 1.00 bits per heavy atom. The summed E-state index contributed by atoms with van der Waals surface area (Å²) in [6, 6.07) is 7.27. The summed E-state index contributed by atoms with van der Waals surface area (Å²) in [5.74, 6) is -0.155. The minimum absolute atomic E-state index is 0. The number of hydrogen-bond acceptors (Lipinski definition) is 11. The summed E-state index contributed by atoms with van der Waals surface area (Å²) < 4.78 is 44.7. The van der Waals surface area contributed by atoms with E-state index in [4.69, 9.17) is 15.2 Å². The summed E-state index contributed by atoms with van der Waals surface area (Å²) >= 11 is 0. The molecular weight excluding hydrogens is 399 g/mol. The fourth-order valence-electron chi connectivity index (χ4n) is 2.29. The Balaban J connectivity index is 0.00000280. The van der Waals surface area contributed by atoms with Gasteiger partial charge >= 0.3 is 41.6 Å². The summed E-state index contributed by atoms with van der Waals surface area (Å²) in [6.45, 7) is 0. The molecule has 13 heteroatoms. The number of rotatable bonds is 5. The zero-order valence-electron chi connectivity index (χ0n) is 15.1. The van der Waals surface area contributed by atoms with Crippen molar-refractivity contribution in [3.8, 4) is 12.0 Å². The van der Waals surface area contributed by atoms with E-state index < -0.39 is 15.0 Å². The number of aromatic nitrogens is 3. The number of nitrogen functional groups attached to an aromatic ring is 1. The van der Waals surface area contributed by atoms with Crippen LogP contribution in [-0.2, 0) is 10.1 Å². The van der Waals surface area contributed by atoms with Crippen molar-refractivity contribution in [2.45, 2.75) is 4.90 Å². The number of anilines is 1. The van der Waals surface area contributed by atoms with Gasteiger partial charge in [-0.2, -0.15) is 9.97 Å². The first-order valence-corrected chi connectivity index (χ1v) is 8.77. The molecule has 3 rings (SSSR count). The van der Waals surface area contributed by atoms with Gasteiger partial charge in [0, 0.05) is 10.8 Å². The molecule has 28 heavy (non-hydrogen) atoms. The second kappa shape index (κ2) is 8.75. The van der Waals surface area contributed by atoms with Gasteiger partial charge in [0.1, 0.15) is 15.8 Å². The average molecular weight is 412 g/mol. The third-order valence-corrected chi connectivity index (χ3v) is 4.37. The van der Waals surface area contributed by atoms with Crippen LogP contribution >= 0.6 is 0 Å². The quantitative estimate of drug-likeness (QED) is 0.238. The van der Waals surface area contributed by atoms with Crippen LogP contribution in [0, 0.1) is 0 Å². The molecule has 3 aromatic rings. The molecule has 1 aromatic heterocycles. The van der Waals surface area contributed by atoms with Crippen molar-refractivity contribution in [1.29, 1.82) is 0 Å². The van der Waals surface area contributed by atoms with Crippen LogP contribution in [0.1, 0.15) is 0 Å². The normalized spacial score (nSPS) is 11.4. The summed E-state index contributed by atoms with van der Waals surface area (Å²) in [5, 5.41) is 8.25. The number of fused-ring (bicyclic) bond motifs is 1. The van der Waals surface area contributed by atoms with Crippen LogP contribution in [0.2, 0.25) is 0 Å². The van der Waals surface area contributed by atoms with E-state index >= 15 is 0 Å². The Bertz CT molecular complexity index is 1130. The number of azo groups is 1. The Morgan fingerprint density at radius 3 is 2.11 bits per heavy atom. The molecule has 0 saturated heterocycles. The van der Waals surface area contributed by atoms with E-state index in [0.717, 1.165) is 6.07 Å². The molecule has 0 saturated carbocycles. The summed E-state index contributed by atoms with van der Waals surface area (Å²) in [6.07, 6.45) is 0. The molecule has 11 nitrogen and oxygen atoms in total. The van der Waals surface area contributed by atoms with E-state index in [2.05, 4.69) is 25.2 Å². The van der Waals surface area contributed by atoms with Gasteiger partial charge in [0.2, 0.25) is 0 Å². The van der Waals surface area contributed by atoms with E-state index in [0.29, 0.717) is 5.39 Å². The third-order valence-electron chi connectivity index (χ3n) is 3.49. The first kappa shape index (κ1) is 21.9. The number of nitrogens with zero attached hydrogens (tertiary/aromatic N) is 5. The Morgan fingerprint density at radius 2 is 1.57 bits per heavy atom. The van der Waals surface area contributed by atoms with Gasteiger partial charge in [-0.05, 0) is 6.07 Å². The summed E-state index contributed by atoms with van der Waals surface area (Å²) in [4.78, 5) is 11.1. The maximum Gasteiger partial charge on any atom is 1.00 e. The zero-order chi connectivity index (χ0) is 19.6. The largest absolute Gasteiger partial charge is 1.00 e. The molecule has 0 bridgehead atoms. The van der Waals surface area contributed by atoms with Gasteiger partial charge in [-0.25, -0.2) is 8.42 Å². The minimum atomic E-state index is -4.76. The van der Waals surface area contributed by atoms with Crippen LogP contribution in [-0.4, -0.2) is 42.1 Å². The first-order valence-electron chi connectivity index (χ1n) is 7.36. The Kier molecular flexibility index (Phi) is 6.85. The van der Waals surface area contributed by atoms with E-state index in [1.54, 1.807) is 18.2 Å². The van der Waals surface area contributed by atoms with Crippen molar-refractivity contribution in [1.82, 2.24) is 15.0 Å². The third kappa shape index (κ3) is 4.54. The average Bonchev–Trinajstić information content (AvgIpc) is 2.66. The standard InChI is InChI=1S/C15H14N6O5S.Na/c1-25-14-17-13(18-15(19-14)26-2)21-20-10-7-11(27(22,23)24)8-5-3-4-6-9(8)12(10)16;/h3-7H,16H2,1-2H3,(H,22,23,24);/q;+1/p-1. The van der Waals surface area contributed by atoms with E-state index in [1.807, 2.05) is 0 Å². The SMILES string of the molecule is COc1nc(N=Nc2cc(S(=O)(=O)[O-])c3ccccc3c2N)nc(OC)n1.[Na+]. The molecule has 0 radical (unpaired) electrons. The number of nitrogens with two attached hydrogens (primary N) is 1. The van der Waals surface area contributed by atoms with Gasteiger partial charge in [-0.3, -0.25) is 0 Å². The van der Waals surface area contributed by atoms with Gasteiger partial charge in [0.05, 0.1) is 24.8 Å². The van der Waals surface area contributed by atoms with Crippen molar-refractivity contribution in [2.75, 3.05) is 20.0 Å². The van der Waals surface area contributed by atoms with Crippen LogP contribution in [0.5, 0.6) is 12.0 Å². The number of ether oxygens (including phenoxy) is 2. The molecule has 2 N–H and O–H groups in total. The van der Waals surface area contributed by atoms with Gasteiger partial charge in [-0.15, -0.1) is 15.2 Å². The molecule has 0 atom stereocenters. The van der Waals surface area contributed by atoms with Crippen LogP contribution in [0.4, 0.5) is 17.3 Å². The maximum absolute atomic E-state index is 11.6. The molecular formula is C15H13N6NaO5S. The van der Waals surface area contributed by atoms with Crippen LogP contribution in [0.15, 0.2) is 45.5 Å². The van der Waals surface area contributed by atoms with Crippen molar-refractivity contribution in [2.24, 2.45) is 10.2 Å². The van der Waals surface area contributed by atoms with Crippen molar-refractivity contribution < 1.29 is 52.0 Å². The van der Waals surface area contributed by atoms with Gasteiger partial charge in [-0.1, -0.05) is 24.3 Å². The van der Waals surface area contributed by atoms with Crippen LogP contribution in [0.25, 0.3) is 10.8 Å². The second-order valence-electron chi connectivity index (χ2n) is 5.12. The molecule has 0 amide bonds. The first-order chi connectivity index (χ1) is 12.8. The number of methoxy groups -OCH3 is 2. The monoisotopic (exact) mass is 412 g/mol. The maximum atomic E-state index is 11.6. The molecule has 0 aliphatic carbocycles. The van der Waals surface area contributed by atoms with Crippen molar-refractivity contribution in [3.63, 3.8) is 0 Å². The second-order valence-corrected chi connectivity index (χ2v) is 6.46. The molecule has 0 aliphatic heterocycles. The predicted octanol–water partition coefficient (Wildman–Crippen LogP) is -1.05. The minimum Gasteiger partial charge on any atom is -0.744 e. The van der Waals surface area contributed by atoms with Gasteiger partial charge in [0.15, 0.2) is 0 Å². The number of benzene rings is 2. The molecule has 0 aliphatic rings. The topological polar surface area (TPSA) is 165 Å². The fraction of sp³-hybridized carbons (Fsp3) is 0.133. The summed E-state index contributed by atoms with van der Waals surface area (Å²) in [5.41, 5.74) is 6.18. The zero-order valence-corrected chi connectivity index (χ0v) is 18.0. The molecule has 140 valence electrons. The molecule has 0 unspecified atom stereocenters. The van der Waals surface area contributed by atoms with Crippen molar-refractivity contribution in [3.05, 3.63) is 30.3 Å². The Labute approximate surface area is 182 Å². The van der Waals surface area contributed by atoms with Gasteiger partial charge < -0.3 is 19.8 Å². The Hall–Kier alpha value is -2.38. The number of hydrogen-bond donors (Lipinski definition) is 1.